The van der Waals surface area contributed by atoms with Crippen molar-refractivity contribution < 1.29 is 13.6 Å². The molecule has 0 bridgehead atoms. The van der Waals surface area contributed by atoms with Gasteiger partial charge in [-0.1, -0.05) is 163 Å². The molecule has 4 aromatic carbocycles. The maximum Gasteiger partial charge on any atom is 0.335 e. The normalized spacial score (nSPS) is 16.9. The second-order valence-electron chi connectivity index (χ2n) is 14.9. The standard InChI is InChI=1S/C41H46N2O5Si2/c1-40(2,3)49(31-19-11-7-12-20-31,32-21-13-8-14-22-32)46-30-36-35(29-38(47-36)43-28-27-37(44)42-39(43)45)48-50(41(4,5)6,33-23-15-9-16-24-33)34-25-17-10-18-26-34/h7-29,35-36H,30H2,1-6H3,(H,42,44,45)/t35-,36+/m0/s1. The van der Waals surface area contributed by atoms with Crippen molar-refractivity contribution in [3.8, 4) is 0 Å². The first-order chi connectivity index (χ1) is 23.9. The summed E-state index contributed by atoms with van der Waals surface area (Å²) in [4.78, 5) is 27.5. The number of H-pyrrole nitrogens is 1. The van der Waals surface area contributed by atoms with Crippen LogP contribution in [-0.2, 0) is 13.6 Å². The fraction of sp³-hybridized carbons (Fsp3) is 0.268. The zero-order valence-corrected chi connectivity index (χ0v) is 31.6. The maximum atomic E-state index is 13.1. The van der Waals surface area contributed by atoms with E-state index in [2.05, 4.69) is 144 Å². The number of aromatic nitrogens is 2. The number of benzene rings is 4. The van der Waals surface area contributed by atoms with Crippen LogP contribution in [0, 0.1) is 0 Å². The van der Waals surface area contributed by atoms with Crippen LogP contribution in [0.15, 0.2) is 149 Å². The first-order valence-corrected chi connectivity index (χ1v) is 20.9. The van der Waals surface area contributed by atoms with E-state index in [0.717, 1.165) is 20.7 Å². The smallest absolute Gasteiger partial charge is 0.335 e. The molecule has 0 amide bonds. The van der Waals surface area contributed by atoms with E-state index in [1.165, 1.54) is 16.8 Å². The molecule has 0 unspecified atom stereocenters. The number of rotatable bonds is 10. The van der Waals surface area contributed by atoms with E-state index in [0.29, 0.717) is 5.88 Å². The van der Waals surface area contributed by atoms with Gasteiger partial charge in [-0.05, 0) is 30.8 Å². The van der Waals surface area contributed by atoms with E-state index in [9.17, 15) is 9.59 Å². The maximum absolute atomic E-state index is 13.1. The predicted molar refractivity (Wildman–Crippen MR) is 207 cm³/mol. The third-order valence-corrected chi connectivity index (χ3v) is 19.7. The summed E-state index contributed by atoms with van der Waals surface area (Å²) in [5.41, 5.74) is -1.06. The van der Waals surface area contributed by atoms with E-state index in [-0.39, 0.29) is 16.7 Å². The summed E-state index contributed by atoms with van der Waals surface area (Å²) in [5, 5.41) is 4.03. The molecule has 0 aliphatic carbocycles. The molecular weight excluding hydrogens is 657 g/mol. The monoisotopic (exact) mass is 702 g/mol. The topological polar surface area (TPSA) is 82.5 Å². The van der Waals surface area contributed by atoms with Gasteiger partial charge in [-0.2, -0.15) is 0 Å². The molecule has 9 heteroatoms. The molecule has 1 aliphatic heterocycles. The van der Waals surface area contributed by atoms with E-state index in [4.69, 9.17) is 13.6 Å². The van der Waals surface area contributed by atoms with Crippen LogP contribution in [0.3, 0.4) is 0 Å². The lowest BCUT2D eigenvalue weighted by molar-refractivity contribution is 0.0368. The Hall–Kier alpha value is -4.55. The lowest BCUT2D eigenvalue weighted by atomic mass is 10.2. The van der Waals surface area contributed by atoms with Gasteiger partial charge < -0.3 is 13.6 Å². The van der Waals surface area contributed by atoms with Crippen LogP contribution in [0.2, 0.25) is 10.1 Å². The van der Waals surface area contributed by atoms with Crippen LogP contribution in [-0.4, -0.2) is 45.0 Å². The van der Waals surface area contributed by atoms with E-state index < -0.39 is 40.1 Å². The van der Waals surface area contributed by atoms with Gasteiger partial charge in [0.25, 0.3) is 22.2 Å². The Kier molecular flexibility index (Phi) is 9.87. The van der Waals surface area contributed by atoms with Gasteiger partial charge in [0.15, 0.2) is 6.10 Å². The third-order valence-electron chi connectivity index (χ3n) is 9.62. The minimum absolute atomic E-state index is 0.203. The Morgan fingerprint density at radius 1 is 0.640 bits per heavy atom. The largest absolute Gasteiger partial charge is 0.470 e. The third kappa shape index (κ3) is 6.54. The van der Waals surface area contributed by atoms with Gasteiger partial charge in [-0.3, -0.25) is 9.78 Å². The van der Waals surface area contributed by atoms with Crippen LogP contribution >= 0.6 is 0 Å². The molecule has 0 radical (unpaired) electrons. The quantitative estimate of drug-likeness (QED) is 0.201. The molecule has 7 nitrogen and oxygen atoms in total. The van der Waals surface area contributed by atoms with Crippen molar-refractivity contribution in [2.75, 3.05) is 6.61 Å². The molecule has 50 heavy (non-hydrogen) atoms. The lowest BCUT2D eigenvalue weighted by Gasteiger charge is -2.46. The molecule has 0 spiro atoms. The Labute approximate surface area is 296 Å². The average molecular weight is 703 g/mol. The summed E-state index contributed by atoms with van der Waals surface area (Å²) in [5.74, 6) is 0.297. The molecule has 0 saturated carbocycles. The Balaban J connectivity index is 1.50. The van der Waals surface area contributed by atoms with Gasteiger partial charge in [0.2, 0.25) is 5.88 Å². The Morgan fingerprint density at radius 3 is 1.46 bits per heavy atom. The first kappa shape index (κ1) is 35.3. The van der Waals surface area contributed by atoms with Crippen molar-refractivity contribution in [3.05, 3.63) is 161 Å². The molecule has 5 aromatic rings. The second kappa shape index (κ2) is 14.0. The molecule has 6 rings (SSSR count). The molecule has 0 saturated heterocycles. The van der Waals surface area contributed by atoms with Crippen LogP contribution < -0.4 is 32.0 Å². The minimum atomic E-state index is -3.06. The molecule has 2 atom stereocenters. The molecule has 258 valence electrons. The lowest BCUT2D eigenvalue weighted by Crippen LogP contribution is -2.69. The minimum Gasteiger partial charge on any atom is -0.470 e. The number of ether oxygens (including phenoxy) is 1. The fourth-order valence-corrected chi connectivity index (χ4v) is 16.6. The van der Waals surface area contributed by atoms with Crippen molar-refractivity contribution in [1.82, 2.24) is 9.55 Å². The summed E-state index contributed by atoms with van der Waals surface area (Å²) >= 11 is 0. The highest BCUT2D eigenvalue weighted by Gasteiger charge is 2.55. The summed E-state index contributed by atoms with van der Waals surface area (Å²) < 4.78 is 23.0. The van der Waals surface area contributed by atoms with Gasteiger partial charge in [-0.25, -0.2) is 9.36 Å². The van der Waals surface area contributed by atoms with Crippen molar-refractivity contribution >= 4 is 43.3 Å². The summed E-state index contributed by atoms with van der Waals surface area (Å²) in [6.45, 7) is 13.6. The molecule has 1 aromatic heterocycles. The van der Waals surface area contributed by atoms with Gasteiger partial charge in [0, 0.05) is 18.3 Å². The first-order valence-electron chi connectivity index (χ1n) is 17.1. The second-order valence-corrected chi connectivity index (χ2v) is 23.4. The zero-order chi connectivity index (χ0) is 35.6. The van der Waals surface area contributed by atoms with E-state index >= 15 is 0 Å². The van der Waals surface area contributed by atoms with Gasteiger partial charge in [0.05, 0.1) is 6.61 Å². The summed E-state index contributed by atoms with van der Waals surface area (Å²) in [6, 6.07) is 43.2. The van der Waals surface area contributed by atoms with Crippen LogP contribution in [0.4, 0.5) is 0 Å². The fourth-order valence-electron chi connectivity index (χ4n) is 7.34. The summed E-state index contributed by atoms with van der Waals surface area (Å²) in [6.07, 6.45) is 2.12. The van der Waals surface area contributed by atoms with Gasteiger partial charge in [0.1, 0.15) is 6.10 Å². The highest BCUT2D eigenvalue weighted by Crippen LogP contribution is 2.41. The van der Waals surface area contributed by atoms with Crippen molar-refractivity contribution in [3.63, 3.8) is 0 Å². The molecule has 2 heterocycles. The zero-order valence-electron chi connectivity index (χ0n) is 29.6. The Morgan fingerprint density at radius 2 is 1.06 bits per heavy atom. The van der Waals surface area contributed by atoms with Gasteiger partial charge in [-0.15, -0.1) is 0 Å². The number of hydrogen-bond acceptors (Lipinski definition) is 5. The van der Waals surface area contributed by atoms with Crippen LogP contribution in [0.25, 0.3) is 5.88 Å². The van der Waals surface area contributed by atoms with Crippen molar-refractivity contribution in [2.24, 2.45) is 0 Å². The van der Waals surface area contributed by atoms with Crippen molar-refractivity contribution in [1.29, 1.82) is 0 Å². The Bertz CT molecular complexity index is 1960. The van der Waals surface area contributed by atoms with Gasteiger partial charge >= 0.3 is 5.69 Å². The molecule has 1 aliphatic rings. The molecule has 0 fully saturated rings. The van der Waals surface area contributed by atoms with Crippen LogP contribution in [0.1, 0.15) is 41.5 Å². The molecule has 1 N–H and O–H groups in total. The van der Waals surface area contributed by atoms with Crippen molar-refractivity contribution in [2.45, 2.75) is 63.8 Å². The predicted octanol–water partition coefficient (Wildman–Crippen LogP) is 5.26. The average Bonchev–Trinajstić information content (AvgIpc) is 3.50. The van der Waals surface area contributed by atoms with Crippen LogP contribution in [0.5, 0.6) is 0 Å². The number of nitrogens with zero attached hydrogens (tertiary/aromatic N) is 1. The van der Waals surface area contributed by atoms with E-state index in [1.54, 1.807) is 0 Å². The number of nitrogens with one attached hydrogen (secondary N) is 1. The highest BCUT2D eigenvalue weighted by molar-refractivity contribution is 7.00. The number of aromatic amines is 1. The highest BCUT2D eigenvalue weighted by atomic mass is 28.4. The molecular formula is C41H46N2O5Si2. The SMILES string of the molecule is CC(C)(C)[Si](OC[C@H]1OC(n2ccc(=O)[nH]c2=O)=C[C@@H]1O[Si](c1ccccc1)(c1ccccc1)C(C)(C)C)(c1ccccc1)c1ccccc1. The number of hydrogen-bond donors (Lipinski definition) is 1. The summed E-state index contributed by atoms with van der Waals surface area (Å²) in [7, 11) is -6.02. The van der Waals surface area contributed by atoms with E-state index in [1.807, 2.05) is 30.3 Å².